The summed E-state index contributed by atoms with van der Waals surface area (Å²) < 4.78 is 29.0. The van der Waals surface area contributed by atoms with E-state index in [0.29, 0.717) is 36.6 Å². The predicted molar refractivity (Wildman–Crippen MR) is 140 cm³/mol. The van der Waals surface area contributed by atoms with Gasteiger partial charge in [-0.3, -0.25) is 9.59 Å². The van der Waals surface area contributed by atoms with Gasteiger partial charge in [0, 0.05) is 54.9 Å². The molecule has 1 fully saturated rings. The number of rotatable bonds is 6. The highest BCUT2D eigenvalue weighted by Crippen LogP contribution is 2.27. The van der Waals surface area contributed by atoms with Crippen molar-refractivity contribution in [2.24, 2.45) is 0 Å². The number of likely N-dealkylation sites (N-methyl/N-ethyl adjacent to an activating group) is 1. The molecule has 0 spiro atoms. The summed E-state index contributed by atoms with van der Waals surface area (Å²) in [5.41, 5.74) is 2.97. The minimum atomic E-state index is -0.411. The summed E-state index contributed by atoms with van der Waals surface area (Å²) in [5, 5.41) is 3.62. The number of anilines is 1. The van der Waals surface area contributed by atoms with E-state index in [1.54, 1.807) is 12.1 Å². The molecule has 37 heavy (non-hydrogen) atoms. The lowest BCUT2D eigenvalue weighted by Gasteiger charge is -2.34. The monoisotopic (exact) mass is 502 g/mol. The van der Waals surface area contributed by atoms with Gasteiger partial charge in [-0.1, -0.05) is 19.1 Å². The number of benzene rings is 3. The fraction of sp³-hybridized carbons (Fsp3) is 0.241. The van der Waals surface area contributed by atoms with Gasteiger partial charge in [-0.2, -0.15) is 0 Å². The normalized spacial score (nSPS) is 14.2. The van der Waals surface area contributed by atoms with Gasteiger partial charge in [-0.25, -0.2) is 8.78 Å². The van der Waals surface area contributed by atoms with E-state index in [1.165, 1.54) is 36.4 Å². The van der Waals surface area contributed by atoms with Crippen molar-refractivity contribution in [1.82, 2.24) is 14.4 Å². The molecule has 1 saturated heterocycles. The molecule has 0 bridgehead atoms. The topological polar surface area (TPSA) is 57.6 Å². The molecule has 0 saturated carbocycles. The van der Waals surface area contributed by atoms with Crippen molar-refractivity contribution in [3.05, 3.63) is 101 Å². The van der Waals surface area contributed by atoms with Crippen molar-refractivity contribution >= 4 is 28.4 Å². The van der Waals surface area contributed by atoms with E-state index in [-0.39, 0.29) is 17.6 Å². The molecule has 0 atom stereocenters. The number of piperazine rings is 1. The Morgan fingerprint density at radius 1 is 0.865 bits per heavy atom. The van der Waals surface area contributed by atoms with Gasteiger partial charge in [0.25, 0.3) is 11.8 Å². The second-order valence-electron chi connectivity index (χ2n) is 9.21. The van der Waals surface area contributed by atoms with E-state index in [4.69, 9.17) is 0 Å². The van der Waals surface area contributed by atoms with Crippen LogP contribution in [0.15, 0.2) is 72.8 Å². The van der Waals surface area contributed by atoms with E-state index in [1.807, 2.05) is 33.7 Å². The van der Waals surface area contributed by atoms with Gasteiger partial charge in [0.1, 0.15) is 17.3 Å². The Hall–Kier alpha value is -4.04. The molecule has 8 heteroatoms. The highest BCUT2D eigenvalue weighted by molar-refractivity contribution is 6.06. The predicted octanol–water partition coefficient (Wildman–Crippen LogP) is 5.00. The highest BCUT2D eigenvalue weighted by atomic mass is 19.1. The third-order valence-corrected chi connectivity index (χ3v) is 6.82. The van der Waals surface area contributed by atoms with Gasteiger partial charge in [0.2, 0.25) is 0 Å². The van der Waals surface area contributed by atoms with Crippen LogP contribution >= 0.6 is 0 Å². The number of nitrogens with zero attached hydrogens (tertiary/aromatic N) is 3. The van der Waals surface area contributed by atoms with Crippen LogP contribution in [0.1, 0.15) is 33.3 Å². The van der Waals surface area contributed by atoms with Crippen LogP contribution in [-0.2, 0) is 6.54 Å². The Kier molecular flexibility index (Phi) is 7.01. The molecule has 190 valence electrons. The molecule has 0 unspecified atom stereocenters. The van der Waals surface area contributed by atoms with E-state index in [0.717, 1.165) is 36.1 Å². The SMILES string of the molecule is CCN1CCN(C(=O)c2cc3cc(NC(=O)c4ccc(F)cc4)ccc3n2Cc2cccc(F)c2)CC1. The minimum absolute atomic E-state index is 0.0692. The molecular formula is C29H28F2N4O2. The lowest BCUT2D eigenvalue weighted by Crippen LogP contribution is -2.48. The largest absolute Gasteiger partial charge is 0.335 e. The maximum atomic E-state index is 13.9. The quantitative estimate of drug-likeness (QED) is 0.404. The molecule has 1 aliphatic heterocycles. The van der Waals surface area contributed by atoms with Crippen molar-refractivity contribution in [2.75, 3.05) is 38.0 Å². The molecule has 0 aliphatic carbocycles. The van der Waals surface area contributed by atoms with Gasteiger partial charge in [-0.05, 0) is 72.8 Å². The van der Waals surface area contributed by atoms with Crippen LogP contribution in [0.4, 0.5) is 14.5 Å². The second kappa shape index (κ2) is 10.5. The third-order valence-electron chi connectivity index (χ3n) is 6.82. The number of amides is 2. The van der Waals surface area contributed by atoms with Crippen molar-refractivity contribution in [2.45, 2.75) is 13.5 Å². The smallest absolute Gasteiger partial charge is 0.270 e. The summed E-state index contributed by atoms with van der Waals surface area (Å²) >= 11 is 0. The molecule has 5 rings (SSSR count). The molecular weight excluding hydrogens is 474 g/mol. The van der Waals surface area contributed by atoms with Gasteiger partial charge in [-0.15, -0.1) is 0 Å². The zero-order chi connectivity index (χ0) is 25.9. The molecule has 1 aromatic heterocycles. The summed E-state index contributed by atoms with van der Waals surface area (Å²) in [4.78, 5) is 30.4. The first kappa shape index (κ1) is 24.6. The number of halogens is 2. The lowest BCUT2D eigenvalue weighted by molar-refractivity contribution is 0.0633. The maximum Gasteiger partial charge on any atom is 0.270 e. The van der Waals surface area contributed by atoms with Crippen molar-refractivity contribution in [3.63, 3.8) is 0 Å². The Labute approximate surface area is 214 Å². The fourth-order valence-electron chi connectivity index (χ4n) is 4.75. The zero-order valence-electron chi connectivity index (χ0n) is 20.6. The van der Waals surface area contributed by atoms with Crippen LogP contribution in [0.2, 0.25) is 0 Å². The maximum absolute atomic E-state index is 13.9. The first-order valence-corrected chi connectivity index (χ1v) is 12.4. The molecule has 0 radical (unpaired) electrons. The molecule has 6 nitrogen and oxygen atoms in total. The van der Waals surface area contributed by atoms with Crippen molar-refractivity contribution in [3.8, 4) is 0 Å². The van der Waals surface area contributed by atoms with Gasteiger partial charge in [0.15, 0.2) is 0 Å². The molecule has 2 heterocycles. The summed E-state index contributed by atoms with van der Waals surface area (Å²) in [6.07, 6.45) is 0. The Balaban J connectivity index is 1.47. The van der Waals surface area contributed by atoms with E-state index < -0.39 is 5.82 Å². The molecule has 2 amide bonds. The second-order valence-corrected chi connectivity index (χ2v) is 9.21. The standard InChI is InChI=1S/C29H28F2N4O2/c1-2-33-12-14-34(15-13-33)29(37)27-18-22-17-25(32-28(36)21-6-8-23(30)9-7-21)10-11-26(22)35(27)19-20-4-3-5-24(31)16-20/h3-11,16-18H,2,12-15,19H2,1H3,(H,32,36). The number of fused-ring (bicyclic) bond motifs is 1. The lowest BCUT2D eigenvalue weighted by atomic mass is 10.2. The fourth-order valence-corrected chi connectivity index (χ4v) is 4.75. The summed E-state index contributed by atoms with van der Waals surface area (Å²) in [6, 6.07) is 18.9. The van der Waals surface area contributed by atoms with Crippen LogP contribution in [0, 0.1) is 11.6 Å². The minimum Gasteiger partial charge on any atom is -0.335 e. The Morgan fingerprint density at radius 2 is 1.62 bits per heavy atom. The van der Waals surface area contributed by atoms with Crippen LogP contribution in [0.25, 0.3) is 10.9 Å². The Bertz CT molecular complexity index is 1440. The van der Waals surface area contributed by atoms with Crippen molar-refractivity contribution in [1.29, 1.82) is 0 Å². The Morgan fingerprint density at radius 3 is 2.32 bits per heavy atom. The van der Waals surface area contributed by atoms with E-state index >= 15 is 0 Å². The number of carbonyl (C=O) groups excluding carboxylic acids is 2. The number of carbonyl (C=O) groups is 2. The number of hydrogen-bond donors (Lipinski definition) is 1. The average Bonchev–Trinajstić information content (AvgIpc) is 3.26. The first-order chi connectivity index (χ1) is 17.9. The average molecular weight is 503 g/mol. The van der Waals surface area contributed by atoms with Crippen LogP contribution < -0.4 is 5.32 Å². The van der Waals surface area contributed by atoms with Gasteiger partial charge < -0.3 is 19.7 Å². The van der Waals surface area contributed by atoms with E-state index in [9.17, 15) is 18.4 Å². The van der Waals surface area contributed by atoms with Crippen LogP contribution in [-0.4, -0.2) is 58.9 Å². The number of nitrogens with one attached hydrogen (secondary N) is 1. The van der Waals surface area contributed by atoms with Gasteiger partial charge in [0.05, 0.1) is 0 Å². The molecule has 1 N–H and O–H groups in total. The third kappa shape index (κ3) is 5.39. The molecule has 4 aromatic rings. The van der Waals surface area contributed by atoms with Crippen LogP contribution in [0.5, 0.6) is 0 Å². The molecule has 3 aromatic carbocycles. The molecule has 1 aliphatic rings. The van der Waals surface area contributed by atoms with E-state index in [2.05, 4.69) is 17.1 Å². The van der Waals surface area contributed by atoms with Crippen molar-refractivity contribution < 1.29 is 18.4 Å². The first-order valence-electron chi connectivity index (χ1n) is 12.4. The summed E-state index contributed by atoms with van der Waals surface area (Å²) in [5.74, 6) is -1.17. The number of aromatic nitrogens is 1. The highest BCUT2D eigenvalue weighted by Gasteiger charge is 2.25. The summed E-state index contributed by atoms with van der Waals surface area (Å²) in [7, 11) is 0. The van der Waals surface area contributed by atoms with Gasteiger partial charge >= 0.3 is 0 Å². The summed E-state index contributed by atoms with van der Waals surface area (Å²) in [6.45, 7) is 6.34. The number of hydrogen-bond acceptors (Lipinski definition) is 3. The zero-order valence-corrected chi connectivity index (χ0v) is 20.6. The van der Waals surface area contributed by atoms with Crippen LogP contribution in [0.3, 0.4) is 0 Å².